The predicted octanol–water partition coefficient (Wildman–Crippen LogP) is 2.21. The van der Waals surface area contributed by atoms with Crippen LogP contribution in [0.1, 0.15) is 15.9 Å². The monoisotopic (exact) mass is 338 g/mol. The van der Waals surface area contributed by atoms with Crippen LogP contribution >= 0.6 is 0 Å². The van der Waals surface area contributed by atoms with Crippen molar-refractivity contribution in [3.8, 4) is 17.3 Å². The number of carbonyl (C=O) groups is 1. The van der Waals surface area contributed by atoms with Crippen molar-refractivity contribution in [3.05, 3.63) is 66.4 Å². The van der Waals surface area contributed by atoms with Gasteiger partial charge in [-0.3, -0.25) is 9.36 Å². The van der Waals surface area contributed by atoms with Gasteiger partial charge in [-0.15, -0.1) is 0 Å². The van der Waals surface area contributed by atoms with Gasteiger partial charge in [0.15, 0.2) is 11.5 Å². The van der Waals surface area contributed by atoms with Gasteiger partial charge in [0.25, 0.3) is 5.91 Å². The van der Waals surface area contributed by atoms with Crippen molar-refractivity contribution in [1.82, 2.24) is 19.9 Å². The minimum Gasteiger partial charge on any atom is -0.493 e. The highest BCUT2D eigenvalue weighted by Gasteiger charge is 2.09. The highest BCUT2D eigenvalue weighted by atomic mass is 16.5. The fourth-order valence-electron chi connectivity index (χ4n) is 2.37. The third-order valence-corrected chi connectivity index (χ3v) is 3.68. The number of aromatic nitrogens is 3. The van der Waals surface area contributed by atoms with E-state index in [0.29, 0.717) is 29.4 Å². The number of pyridine rings is 1. The first kappa shape index (κ1) is 16.5. The van der Waals surface area contributed by atoms with Gasteiger partial charge in [-0.1, -0.05) is 6.07 Å². The number of ether oxygens (including phenoxy) is 2. The van der Waals surface area contributed by atoms with E-state index in [4.69, 9.17) is 9.47 Å². The van der Waals surface area contributed by atoms with Crippen LogP contribution < -0.4 is 14.8 Å². The van der Waals surface area contributed by atoms with Crippen LogP contribution in [0.5, 0.6) is 11.5 Å². The minimum absolute atomic E-state index is 0.182. The highest BCUT2D eigenvalue weighted by Crippen LogP contribution is 2.27. The van der Waals surface area contributed by atoms with E-state index >= 15 is 0 Å². The van der Waals surface area contributed by atoms with Crippen LogP contribution in [0, 0.1) is 0 Å². The molecule has 25 heavy (non-hydrogen) atoms. The molecule has 0 bridgehead atoms. The normalized spacial score (nSPS) is 10.3. The molecule has 0 fully saturated rings. The fourth-order valence-corrected chi connectivity index (χ4v) is 2.37. The number of nitrogens with one attached hydrogen (secondary N) is 1. The molecule has 2 aromatic heterocycles. The number of methoxy groups -OCH3 is 2. The smallest absolute Gasteiger partial charge is 0.251 e. The van der Waals surface area contributed by atoms with Crippen LogP contribution in [-0.4, -0.2) is 34.7 Å². The molecule has 7 heteroatoms. The Labute approximate surface area is 145 Å². The molecule has 128 valence electrons. The van der Waals surface area contributed by atoms with E-state index in [1.54, 1.807) is 55.8 Å². The number of amides is 1. The molecule has 0 saturated carbocycles. The number of hydrogen-bond donors (Lipinski definition) is 1. The van der Waals surface area contributed by atoms with Crippen molar-refractivity contribution in [2.24, 2.45) is 0 Å². The summed E-state index contributed by atoms with van der Waals surface area (Å²) in [5.74, 6) is 1.73. The molecule has 3 aromatic rings. The summed E-state index contributed by atoms with van der Waals surface area (Å²) in [6, 6.07) is 8.91. The zero-order valence-electron chi connectivity index (χ0n) is 14.0. The van der Waals surface area contributed by atoms with Crippen LogP contribution in [0.25, 0.3) is 5.82 Å². The third-order valence-electron chi connectivity index (χ3n) is 3.68. The van der Waals surface area contributed by atoms with Crippen molar-refractivity contribution in [1.29, 1.82) is 0 Å². The van der Waals surface area contributed by atoms with E-state index < -0.39 is 0 Å². The van der Waals surface area contributed by atoms with Crippen molar-refractivity contribution in [3.63, 3.8) is 0 Å². The summed E-state index contributed by atoms with van der Waals surface area (Å²) in [7, 11) is 3.16. The van der Waals surface area contributed by atoms with E-state index in [0.717, 1.165) is 5.56 Å². The zero-order chi connectivity index (χ0) is 17.6. The van der Waals surface area contributed by atoms with Gasteiger partial charge in [0.05, 0.1) is 14.2 Å². The van der Waals surface area contributed by atoms with E-state index in [1.165, 1.54) is 0 Å². The molecule has 0 radical (unpaired) electrons. The van der Waals surface area contributed by atoms with E-state index in [9.17, 15) is 4.79 Å². The number of rotatable bonds is 6. The van der Waals surface area contributed by atoms with Gasteiger partial charge in [-0.05, 0) is 29.8 Å². The van der Waals surface area contributed by atoms with Gasteiger partial charge in [0.1, 0.15) is 12.1 Å². The summed E-state index contributed by atoms with van der Waals surface area (Å²) in [5.41, 5.74) is 1.44. The third kappa shape index (κ3) is 3.77. The Bertz CT molecular complexity index is 863. The first-order valence-corrected chi connectivity index (χ1v) is 7.64. The highest BCUT2D eigenvalue weighted by molar-refractivity contribution is 5.94. The second-order valence-corrected chi connectivity index (χ2v) is 5.24. The molecule has 3 rings (SSSR count). The molecular weight excluding hydrogens is 320 g/mol. The average Bonchev–Trinajstić information content (AvgIpc) is 3.20. The largest absolute Gasteiger partial charge is 0.493 e. The second kappa shape index (κ2) is 7.48. The molecule has 1 aromatic carbocycles. The molecule has 1 N–H and O–H groups in total. The number of benzene rings is 1. The molecular formula is C18H18N4O3. The SMILES string of the molecule is COc1ccc(CNC(=O)c2ccnc(-n3ccnc3)c2)cc1OC. The van der Waals surface area contributed by atoms with Crippen molar-refractivity contribution in [2.45, 2.75) is 6.54 Å². The Hall–Kier alpha value is -3.35. The fraction of sp³-hybridized carbons (Fsp3) is 0.167. The van der Waals surface area contributed by atoms with Crippen molar-refractivity contribution in [2.75, 3.05) is 14.2 Å². The molecule has 7 nitrogen and oxygen atoms in total. The van der Waals surface area contributed by atoms with E-state index in [-0.39, 0.29) is 5.91 Å². The molecule has 0 unspecified atom stereocenters. The van der Waals surface area contributed by atoms with Crippen LogP contribution in [0.4, 0.5) is 0 Å². The Morgan fingerprint density at radius 2 is 1.96 bits per heavy atom. The lowest BCUT2D eigenvalue weighted by Gasteiger charge is -2.10. The zero-order valence-corrected chi connectivity index (χ0v) is 14.0. The Morgan fingerprint density at radius 3 is 2.68 bits per heavy atom. The molecule has 0 aliphatic carbocycles. The van der Waals surface area contributed by atoms with Gasteiger partial charge in [0, 0.05) is 30.7 Å². The lowest BCUT2D eigenvalue weighted by Crippen LogP contribution is -2.23. The second-order valence-electron chi connectivity index (χ2n) is 5.24. The van der Waals surface area contributed by atoms with Crippen LogP contribution in [0.3, 0.4) is 0 Å². The molecule has 0 saturated heterocycles. The van der Waals surface area contributed by atoms with Gasteiger partial charge in [0.2, 0.25) is 0 Å². The van der Waals surface area contributed by atoms with Gasteiger partial charge < -0.3 is 14.8 Å². The van der Waals surface area contributed by atoms with Crippen LogP contribution in [0.2, 0.25) is 0 Å². The van der Waals surface area contributed by atoms with Crippen LogP contribution in [0.15, 0.2) is 55.2 Å². The molecule has 0 atom stereocenters. The maximum Gasteiger partial charge on any atom is 0.251 e. The topological polar surface area (TPSA) is 78.3 Å². The maximum atomic E-state index is 12.4. The molecule has 0 spiro atoms. The summed E-state index contributed by atoms with van der Waals surface area (Å²) in [6.45, 7) is 0.377. The van der Waals surface area contributed by atoms with E-state index in [2.05, 4.69) is 15.3 Å². The van der Waals surface area contributed by atoms with Crippen molar-refractivity contribution < 1.29 is 14.3 Å². The summed E-state index contributed by atoms with van der Waals surface area (Å²) < 4.78 is 12.2. The first-order chi connectivity index (χ1) is 12.2. The van der Waals surface area contributed by atoms with Gasteiger partial charge >= 0.3 is 0 Å². The molecule has 1 amide bonds. The summed E-state index contributed by atoms with van der Waals surface area (Å²) in [5, 5.41) is 2.89. The summed E-state index contributed by atoms with van der Waals surface area (Å²) >= 11 is 0. The number of hydrogen-bond acceptors (Lipinski definition) is 5. The Balaban J connectivity index is 1.70. The standard InChI is InChI=1S/C18H18N4O3/c1-24-15-4-3-13(9-16(15)25-2)11-21-18(23)14-5-6-20-17(10-14)22-8-7-19-12-22/h3-10,12H,11H2,1-2H3,(H,21,23). The van der Waals surface area contributed by atoms with E-state index in [1.807, 2.05) is 18.2 Å². The number of nitrogens with zero attached hydrogens (tertiary/aromatic N) is 3. The maximum absolute atomic E-state index is 12.4. The summed E-state index contributed by atoms with van der Waals surface area (Å²) in [6.07, 6.45) is 6.66. The molecule has 0 aliphatic rings. The lowest BCUT2D eigenvalue weighted by molar-refractivity contribution is 0.0950. The Morgan fingerprint density at radius 1 is 1.12 bits per heavy atom. The number of imidazole rings is 1. The van der Waals surface area contributed by atoms with Gasteiger partial charge in [-0.2, -0.15) is 0 Å². The van der Waals surface area contributed by atoms with Crippen molar-refractivity contribution >= 4 is 5.91 Å². The lowest BCUT2D eigenvalue weighted by atomic mass is 10.2. The average molecular weight is 338 g/mol. The minimum atomic E-state index is -0.182. The quantitative estimate of drug-likeness (QED) is 0.745. The molecule has 2 heterocycles. The number of carbonyl (C=O) groups excluding carboxylic acids is 1. The molecule has 0 aliphatic heterocycles. The first-order valence-electron chi connectivity index (χ1n) is 7.64. The van der Waals surface area contributed by atoms with Gasteiger partial charge in [-0.25, -0.2) is 9.97 Å². The van der Waals surface area contributed by atoms with Crippen LogP contribution in [-0.2, 0) is 6.54 Å². The predicted molar refractivity (Wildman–Crippen MR) is 92.1 cm³/mol. The summed E-state index contributed by atoms with van der Waals surface area (Å²) in [4.78, 5) is 20.6. The Kier molecular flexibility index (Phi) is 4.94.